The molecule has 2 aromatic rings. The van der Waals surface area contributed by atoms with Crippen molar-refractivity contribution in [3.63, 3.8) is 0 Å². The highest BCUT2D eigenvalue weighted by Crippen LogP contribution is 2.32. The van der Waals surface area contributed by atoms with E-state index in [0.717, 1.165) is 18.2 Å². The molecule has 1 heterocycles. The maximum Gasteiger partial charge on any atom is 0.473 e. The SMILES string of the molecule is CCn1c(=NC(=O)C(F)(F)F)sc2cc(C(F)(F)F)ccc21. The number of benzene rings is 1. The molecule has 0 radical (unpaired) electrons. The molecule has 0 spiro atoms. The van der Waals surface area contributed by atoms with Crippen LogP contribution in [-0.2, 0) is 17.5 Å². The number of aryl methyl sites for hydroxylation is 1. The molecule has 1 aromatic heterocycles. The van der Waals surface area contributed by atoms with Gasteiger partial charge in [-0.3, -0.25) is 4.79 Å². The van der Waals surface area contributed by atoms with Crippen LogP contribution in [0.15, 0.2) is 23.2 Å². The predicted molar refractivity (Wildman–Crippen MR) is 67.1 cm³/mol. The lowest BCUT2D eigenvalue weighted by molar-refractivity contribution is -0.169. The molecule has 0 aliphatic rings. The second kappa shape index (κ2) is 5.41. The van der Waals surface area contributed by atoms with E-state index in [9.17, 15) is 31.1 Å². The summed E-state index contributed by atoms with van der Waals surface area (Å²) in [5, 5.41) is 0. The van der Waals surface area contributed by atoms with Crippen LogP contribution in [0.1, 0.15) is 12.5 Å². The molecule has 10 heteroatoms. The Morgan fingerprint density at radius 3 is 2.36 bits per heavy atom. The zero-order valence-corrected chi connectivity index (χ0v) is 11.7. The first-order chi connectivity index (χ1) is 10.0. The lowest BCUT2D eigenvalue weighted by Gasteiger charge is -2.06. The minimum absolute atomic E-state index is 0.102. The standard InChI is InChI=1S/C12H8F6N2OS/c1-2-20-7-4-3-6(11(13,14)15)5-8(7)22-10(20)19-9(21)12(16,17)18/h3-5H,2H2,1H3. The third kappa shape index (κ3) is 3.16. The second-order valence-electron chi connectivity index (χ2n) is 4.22. The Labute approximate surface area is 123 Å². The van der Waals surface area contributed by atoms with Crippen molar-refractivity contribution in [2.24, 2.45) is 4.99 Å². The molecule has 0 unspecified atom stereocenters. The molecule has 120 valence electrons. The summed E-state index contributed by atoms with van der Waals surface area (Å²) in [6.45, 7) is 1.75. The van der Waals surface area contributed by atoms with Gasteiger partial charge in [-0.05, 0) is 25.1 Å². The lowest BCUT2D eigenvalue weighted by Crippen LogP contribution is -2.25. The number of carbonyl (C=O) groups is 1. The van der Waals surface area contributed by atoms with E-state index in [-0.39, 0.29) is 21.6 Å². The maximum atomic E-state index is 12.6. The van der Waals surface area contributed by atoms with Crippen LogP contribution in [0.3, 0.4) is 0 Å². The van der Waals surface area contributed by atoms with Gasteiger partial charge in [0.2, 0.25) is 0 Å². The minimum Gasteiger partial charge on any atom is -0.317 e. The van der Waals surface area contributed by atoms with E-state index in [1.165, 1.54) is 4.57 Å². The largest absolute Gasteiger partial charge is 0.473 e. The summed E-state index contributed by atoms with van der Waals surface area (Å²) in [5.74, 6) is -2.29. The Bertz CT molecular complexity index is 783. The average molecular weight is 342 g/mol. The summed E-state index contributed by atoms with van der Waals surface area (Å²) in [6, 6.07) is 2.80. The summed E-state index contributed by atoms with van der Waals surface area (Å²) in [6.07, 6.45) is -9.69. The fourth-order valence-corrected chi connectivity index (χ4v) is 2.92. The highest BCUT2D eigenvalue weighted by molar-refractivity contribution is 7.16. The molecule has 0 fully saturated rings. The van der Waals surface area contributed by atoms with Crippen LogP contribution in [0.4, 0.5) is 26.3 Å². The number of amides is 1. The highest BCUT2D eigenvalue weighted by atomic mass is 32.1. The van der Waals surface area contributed by atoms with E-state index in [0.29, 0.717) is 11.3 Å². The fourth-order valence-electron chi connectivity index (χ4n) is 1.79. The number of thiazole rings is 1. The fraction of sp³-hybridized carbons (Fsp3) is 0.333. The Kier molecular flexibility index (Phi) is 4.07. The third-order valence-corrected chi connectivity index (χ3v) is 3.81. The Hall–Kier alpha value is -1.84. The number of nitrogens with zero attached hydrogens (tertiary/aromatic N) is 2. The maximum absolute atomic E-state index is 12.6. The number of hydrogen-bond acceptors (Lipinski definition) is 2. The van der Waals surface area contributed by atoms with Crippen molar-refractivity contribution in [2.75, 3.05) is 0 Å². The lowest BCUT2D eigenvalue weighted by atomic mass is 10.2. The molecule has 1 aromatic carbocycles. The van der Waals surface area contributed by atoms with Crippen molar-refractivity contribution in [3.05, 3.63) is 28.6 Å². The van der Waals surface area contributed by atoms with E-state index < -0.39 is 23.8 Å². The van der Waals surface area contributed by atoms with Crippen LogP contribution in [-0.4, -0.2) is 16.7 Å². The van der Waals surface area contributed by atoms with Gasteiger partial charge in [-0.2, -0.15) is 31.3 Å². The van der Waals surface area contributed by atoms with Crippen molar-refractivity contribution in [1.82, 2.24) is 4.57 Å². The van der Waals surface area contributed by atoms with Gasteiger partial charge < -0.3 is 4.57 Å². The number of fused-ring (bicyclic) bond motifs is 1. The average Bonchev–Trinajstić information content (AvgIpc) is 2.72. The molecular weight excluding hydrogens is 334 g/mol. The smallest absolute Gasteiger partial charge is 0.317 e. The molecule has 0 saturated carbocycles. The molecule has 1 amide bonds. The van der Waals surface area contributed by atoms with Gasteiger partial charge in [0, 0.05) is 6.54 Å². The molecule has 22 heavy (non-hydrogen) atoms. The molecule has 3 nitrogen and oxygen atoms in total. The molecule has 0 N–H and O–H groups in total. The van der Waals surface area contributed by atoms with Gasteiger partial charge in [0.05, 0.1) is 15.8 Å². The predicted octanol–water partition coefficient (Wildman–Crippen LogP) is 3.73. The molecule has 0 aliphatic carbocycles. The topological polar surface area (TPSA) is 34.4 Å². The van der Waals surface area contributed by atoms with Gasteiger partial charge in [-0.15, -0.1) is 0 Å². The van der Waals surface area contributed by atoms with Crippen LogP contribution >= 0.6 is 11.3 Å². The number of hydrogen-bond donors (Lipinski definition) is 0. The van der Waals surface area contributed by atoms with Crippen LogP contribution in [0.2, 0.25) is 0 Å². The molecule has 0 bridgehead atoms. The van der Waals surface area contributed by atoms with Crippen LogP contribution in [0, 0.1) is 0 Å². The summed E-state index contributed by atoms with van der Waals surface area (Å²) < 4.78 is 76.0. The van der Waals surface area contributed by atoms with Gasteiger partial charge in [0.25, 0.3) is 0 Å². The molecular formula is C12H8F6N2OS. The monoisotopic (exact) mass is 342 g/mol. The van der Waals surface area contributed by atoms with Gasteiger partial charge in [-0.1, -0.05) is 11.3 Å². The first-order valence-corrected chi connectivity index (χ1v) is 6.72. The van der Waals surface area contributed by atoms with E-state index in [2.05, 4.69) is 4.99 Å². The van der Waals surface area contributed by atoms with E-state index >= 15 is 0 Å². The summed E-state index contributed by atoms with van der Waals surface area (Å²) in [4.78, 5) is 13.6. The summed E-state index contributed by atoms with van der Waals surface area (Å²) >= 11 is 0.599. The number of carbonyl (C=O) groups excluding carboxylic acids is 1. The molecule has 0 atom stereocenters. The summed E-state index contributed by atoms with van der Waals surface area (Å²) in [7, 11) is 0. The van der Waals surface area contributed by atoms with Gasteiger partial charge in [0.1, 0.15) is 0 Å². The Morgan fingerprint density at radius 1 is 1.23 bits per heavy atom. The van der Waals surface area contributed by atoms with E-state index in [1.54, 1.807) is 6.92 Å². The van der Waals surface area contributed by atoms with E-state index in [4.69, 9.17) is 0 Å². The number of halogens is 6. The third-order valence-electron chi connectivity index (χ3n) is 2.77. The molecule has 2 rings (SSSR count). The molecule has 0 saturated heterocycles. The minimum atomic E-state index is -5.13. The zero-order chi connectivity index (χ0) is 16.7. The normalized spacial score (nSPS) is 13.9. The first kappa shape index (κ1) is 16.5. The van der Waals surface area contributed by atoms with Crippen LogP contribution in [0.5, 0.6) is 0 Å². The zero-order valence-electron chi connectivity index (χ0n) is 10.9. The number of aromatic nitrogens is 1. The van der Waals surface area contributed by atoms with Crippen LogP contribution in [0.25, 0.3) is 10.2 Å². The Balaban J connectivity index is 2.67. The molecule has 0 aliphatic heterocycles. The van der Waals surface area contributed by atoms with Crippen molar-refractivity contribution in [2.45, 2.75) is 25.8 Å². The van der Waals surface area contributed by atoms with Crippen molar-refractivity contribution in [1.29, 1.82) is 0 Å². The quantitative estimate of drug-likeness (QED) is 0.727. The number of alkyl halides is 6. The van der Waals surface area contributed by atoms with Gasteiger partial charge in [-0.25, -0.2) is 0 Å². The van der Waals surface area contributed by atoms with Crippen molar-refractivity contribution < 1.29 is 31.1 Å². The number of rotatable bonds is 1. The van der Waals surface area contributed by atoms with Crippen molar-refractivity contribution in [3.8, 4) is 0 Å². The van der Waals surface area contributed by atoms with Crippen molar-refractivity contribution >= 4 is 27.5 Å². The second-order valence-corrected chi connectivity index (χ2v) is 5.23. The Morgan fingerprint density at radius 2 is 1.86 bits per heavy atom. The van der Waals surface area contributed by atoms with Gasteiger partial charge >= 0.3 is 18.3 Å². The van der Waals surface area contributed by atoms with E-state index in [1.807, 2.05) is 0 Å². The van der Waals surface area contributed by atoms with Gasteiger partial charge in [0.15, 0.2) is 4.80 Å². The summed E-state index contributed by atoms with van der Waals surface area (Å²) in [5.41, 5.74) is -0.632. The highest BCUT2D eigenvalue weighted by Gasteiger charge is 2.38. The van der Waals surface area contributed by atoms with Crippen LogP contribution < -0.4 is 4.80 Å². The first-order valence-electron chi connectivity index (χ1n) is 5.90.